The molecule has 0 radical (unpaired) electrons. The summed E-state index contributed by atoms with van der Waals surface area (Å²) < 4.78 is 0. The van der Waals surface area contributed by atoms with Crippen molar-refractivity contribution in [3.63, 3.8) is 0 Å². The predicted molar refractivity (Wildman–Crippen MR) is 65.2 cm³/mol. The second-order valence-corrected chi connectivity index (χ2v) is 4.67. The highest BCUT2D eigenvalue weighted by Gasteiger charge is 2.41. The van der Waals surface area contributed by atoms with Crippen molar-refractivity contribution in [1.29, 1.82) is 0 Å². The van der Waals surface area contributed by atoms with E-state index in [2.05, 4.69) is 15.2 Å². The molecule has 2 aliphatic rings. The second-order valence-electron chi connectivity index (χ2n) is 4.67. The van der Waals surface area contributed by atoms with Gasteiger partial charge >= 0.3 is 6.03 Å². The SMILES string of the molecule is Cc1ccnc(N2CC(N3C(=O)CNC3=O)C2)c1. The van der Waals surface area contributed by atoms with Crippen LogP contribution in [0, 0.1) is 6.92 Å². The summed E-state index contributed by atoms with van der Waals surface area (Å²) in [7, 11) is 0. The Kier molecular flexibility index (Phi) is 2.43. The molecule has 0 bridgehead atoms. The number of carbonyl (C=O) groups is 2. The third-order valence-electron chi connectivity index (χ3n) is 3.33. The van der Waals surface area contributed by atoms with Gasteiger partial charge in [-0.3, -0.25) is 9.69 Å². The fourth-order valence-corrected chi connectivity index (χ4v) is 2.30. The van der Waals surface area contributed by atoms with Crippen LogP contribution in [0.2, 0.25) is 0 Å². The van der Waals surface area contributed by atoms with E-state index in [9.17, 15) is 9.59 Å². The number of hydrogen-bond donors (Lipinski definition) is 1. The molecule has 18 heavy (non-hydrogen) atoms. The van der Waals surface area contributed by atoms with Crippen LogP contribution < -0.4 is 10.2 Å². The lowest BCUT2D eigenvalue weighted by Gasteiger charge is -2.43. The summed E-state index contributed by atoms with van der Waals surface area (Å²) in [6.07, 6.45) is 1.77. The number of carbonyl (C=O) groups excluding carboxylic acids is 2. The summed E-state index contributed by atoms with van der Waals surface area (Å²) in [6, 6.07) is 3.64. The van der Waals surface area contributed by atoms with Crippen LogP contribution in [0.25, 0.3) is 0 Å². The molecule has 3 heterocycles. The molecule has 0 aromatic carbocycles. The Morgan fingerprint density at radius 3 is 2.78 bits per heavy atom. The predicted octanol–water partition coefficient (Wildman–Crippen LogP) is 0.130. The molecule has 3 amide bonds. The first-order valence-corrected chi connectivity index (χ1v) is 5.92. The van der Waals surface area contributed by atoms with E-state index < -0.39 is 0 Å². The molecule has 3 rings (SSSR count). The maximum atomic E-state index is 11.5. The number of urea groups is 1. The van der Waals surface area contributed by atoms with E-state index in [-0.39, 0.29) is 24.5 Å². The first-order chi connectivity index (χ1) is 8.65. The van der Waals surface area contributed by atoms with Gasteiger partial charge in [-0.05, 0) is 24.6 Å². The van der Waals surface area contributed by atoms with Gasteiger partial charge < -0.3 is 10.2 Å². The van der Waals surface area contributed by atoms with Crippen molar-refractivity contribution in [3.8, 4) is 0 Å². The Hall–Kier alpha value is -2.11. The third kappa shape index (κ3) is 1.70. The Morgan fingerprint density at radius 1 is 1.39 bits per heavy atom. The van der Waals surface area contributed by atoms with Crippen LogP contribution in [0.15, 0.2) is 18.3 Å². The molecule has 2 saturated heterocycles. The van der Waals surface area contributed by atoms with Gasteiger partial charge in [0, 0.05) is 19.3 Å². The van der Waals surface area contributed by atoms with E-state index in [1.165, 1.54) is 4.90 Å². The van der Waals surface area contributed by atoms with E-state index in [1.54, 1.807) is 6.20 Å². The van der Waals surface area contributed by atoms with Crippen LogP contribution in [-0.4, -0.2) is 47.5 Å². The van der Waals surface area contributed by atoms with Gasteiger partial charge in [-0.2, -0.15) is 0 Å². The summed E-state index contributed by atoms with van der Waals surface area (Å²) in [6.45, 7) is 3.46. The number of nitrogens with one attached hydrogen (secondary N) is 1. The molecular formula is C12H14N4O2. The van der Waals surface area contributed by atoms with E-state index in [4.69, 9.17) is 0 Å². The van der Waals surface area contributed by atoms with Gasteiger partial charge in [0.25, 0.3) is 0 Å². The molecular weight excluding hydrogens is 232 g/mol. The molecule has 6 heteroatoms. The summed E-state index contributed by atoms with van der Waals surface area (Å²) in [5.74, 6) is 0.764. The van der Waals surface area contributed by atoms with Gasteiger partial charge in [-0.25, -0.2) is 9.78 Å². The minimum atomic E-state index is -0.276. The van der Waals surface area contributed by atoms with Crippen molar-refractivity contribution < 1.29 is 9.59 Å². The number of nitrogens with zero attached hydrogens (tertiary/aromatic N) is 3. The van der Waals surface area contributed by atoms with Crippen LogP contribution in [0.3, 0.4) is 0 Å². The van der Waals surface area contributed by atoms with Gasteiger partial charge in [-0.1, -0.05) is 0 Å². The Labute approximate surface area is 105 Å². The molecule has 0 aliphatic carbocycles. The second kappa shape index (κ2) is 3.97. The normalized spacial score (nSPS) is 20.1. The number of amides is 3. The van der Waals surface area contributed by atoms with E-state index in [0.29, 0.717) is 13.1 Å². The third-order valence-corrected chi connectivity index (χ3v) is 3.33. The quantitative estimate of drug-likeness (QED) is 0.753. The first-order valence-electron chi connectivity index (χ1n) is 5.92. The summed E-state index contributed by atoms with van der Waals surface area (Å²) in [4.78, 5) is 30.7. The summed E-state index contributed by atoms with van der Waals surface area (Å²) in [5.41, 5.74) is 1.15. The van der Waals surface area contributed by atoms with Crippen molar-refractivity contribution in [3.05, 3.63) is 23.9 Å². The zero-order chi connectivity index (χ0) is 12.7. The van der Waals surface area contributed by atoms with Crippen molar-refractivity contribution in [1.82, 2.24) is 15.2 Å². The Balaban J connectivity index is 1.67. The molecule has 1 aromatic heterocycles. The highest BCUT2D eigenvalue weighted by molar-refractivity contribution is 6.02. The van der Waals surface area contributed by atoms with Gasteiger partial charge in [0.05, 0.1) is 12.6 Å². The number of hydrogen-bond acceptors (Lipinski definition) is 4. The summed E-state index contributed by atoms with van der Waals surface area (Å²) in [5, 5.41) is 2.54. The van der Waals surface area contributed by atoms with E-state index in [0.717, 1.165) is 11.4 Å². The van der Waals surface area contributed by atoms with Crippen molar-refractivity contribution >= 4 is 17.8 Å². The van der Waals surface area contributed by atoms with E-state index >= 15 is 0 Å². The minimum Gasteiger partial charge on any atom is -0.352 e. The molecule has 0 spiro atoms. The number of anilines is 1. The highest BCUT2D eigenvalue weighted by atomic mass is 16.2. The summed E-state index contributed by atoms with van der Waals surface area (Å²) >= 11 is 0. The van der Waals surface area contributed by atoms with Crippen molar-refractivity contribution in [2.75, 3.05) is 24.5 Å². The molecule has 94 valence electrons. The zero-order valence-electron chi connectivity index (χ0n) is 10.1. The zero-order valence-corrected chi connectivity index (χ0v) is 10.1. The van der Waals surface area contributed by atoms with Gasteiger partial charge in [0.15, 0.2) is 0 Å². The molecule has 0 saturated carbocycles. The average molecular weight is 246 g/mol. The van der Waals surface area contributed by atoms with E-state index in [1.807, 2.05) is 19.1 Å². The highest BCUT2D eigenvalue weighted by Crippen LogP contribution is 2.23. The largest absolute Gasteiger partial charge is 0.352 e. The number of rotatable bonds is 2. The van der Waals surface area contributed by atoms with Gasteiger partial charge in [0.1, 0.15) is 5.82 Å². The standard InChI is InChI=1S/C12H14N4O2/c1-8-2-3-13-10(4-8)15-6-9(7-15)16-11(17)5-14-12(16)18/h2-4,9H,5-7H2,1H3,(H,14,18). The van der Waals surface area contributed by atoms with Crippen LogP contribution in [0.5, 0.6) is 0 Å². The molecule has 1 aromatic rings. The van der Waals surface area contributed by atoms with Crippen molar-refractivity contribution in [2.45, 2.75) is 13.0 Å². The molecule has 0 atom stereocenters. The lowest BCUT2D eigenvalue weighted by molar-refractivity contribution is -0.126. The van der Waals surface area contributed by atoms with Crippen LogP contribution >= 0.6 is 0 Å². The molecule has 2 fully saturated rings. The van der Waals surface area contributed by atoms with Crippen LogP contribution in [0.4, 0.5) is 10.6 Å². The average Bonchev–Trinajstić information content (AvgIpc) is 2.59. The first kappa shape index (κ1) is 11.0. The lowest BCUT2D eigenvalue weighted by Crippen LogP contribution is -2.61. The fraction of sp³-hybridized carbons (Fsp3) is 0.417. The minimum absolute atomic E-state index is 0.0256. The topological polar surface area (TPSA) is 65.5 Å². The van der Waals surface area contributed by atoms with Crippen LogP contribution in [-0.2, 0) is 4.79 Å². The fourth-order valence-electron chi connectivity index (χ4n) is 2.30. The maximum Gasteiger partial charge on any atom is 0.324 e. The maximum absolute atomic E-state index is 11.5. The van der Waals surface area contributed by atoms with Crippen molar-refractivity contribution in [2.24, 2.45) is 0 Å². The molecule has 2 aliphatic heterocycles. The number of imide groups is 1. The lowest BCUT2D eigenvalue weighted by atomic mass is 10.1. The molecule has 1 N–H and O–H groups in total. The Morgan fingerprint density at radius 2 is 2.17 bits per heavy atom. The smallest absolute Gasteiger partial charge is 0.324 e. The Bertz CT molecular complexity index is 495. The monoisotopic (exact) mass is 246 g/mol. The van der Waals surface area contributed by atoms with Gasteiger partial charge in [0.2, 0.25) is 5.91 Å². The van der Waals surface area contributed by atoms with Gasteiger partial charge in [-0.15, -0.1) is 0 Å². The number of aryl methyl sites for hydroxylation is 1. The van der Waals surface area contributed by atoms with Crippen LogP contribution in [0.1, 0.15) is 5.56 Å². The molecule has 6 nitrogen and oxygen atoms in total. The molecule has 0 unspecified atom stereocenters. The number of pyridine rings is 1. The number of aromatic nitrogens is 1.